The smallest absolute Gasteiger partial charge is 0.273 e. The third kappa shape index (κ3) is 6.96. The fourth-order valence-corrected chi connectivity index (χ4v) is 6.12. The second-order valence-electron chi connectivity index (χ2n) is 11.3. The molecule has 0 unspecified atom stereocenters. The van der Waals surface area contributed by atoms with Gasteiger partial charge in [0, 0.05) is 38.2 Å². The van der Waals surface area contributed by atoms with Gasteiger partial charge in [-0.25, -0.2) is 17.5 Å². The van der Waals surface area contributed by atoms with E-state index in [1.807, 2.05) is 20.8 Å². The van der Waals surface area contributed by atoms with Gasteiger partial charge in [0.05, 0.1) is 17.8 Å². The Bertz CT molecular complexity index is 1260. The maximum atomic E-state index is 14.9. The number of carbonyl (C=O) groups is 2. The highest BCUT2D eigenvalue weighted by Crippen LogP contribution is 2.28. The molecule has 0 radical (unpaired) electrons. The van der Waals surface area contributed by atoms with Gasteiger partial charge in [-0.05, 0) is 43.1 Å². The first-order valence-corrected chi connectivity index (χ1v) is 14.8. The Morgan fingerprint density at radius 2 is 1.87 bits per heavy atom. The number of Topliss-reactive ketones (excluding diaryl/α,β-unsaturated/α-hetero) is 1. The zero-order valence-corrected chi connectivity index (χ0v) is 23.1. The van der Waals surface area contributed by atoms with E-state index in [9.17, 15) is 22.4 Å². The lowest BCUT2D eigenvalue weighted by Gasteiger charge is -2.30. The minimum Gasteiger partial charge on any atom is -0.381 e. The topological polar surface area (TPSA) is 131 Å². The maximum Gasteiger partial charge on any atom is 0.273 e. The summed E-state index contributed by atoms with van der Waals surface area (Å²) in [7, 11) is -3.28. The zero-order valence-electron chi connectivity index (χ0n) is 22.3. The summed E-state index contributed by atoms with van der Waals surface area (Å²) in [6.45, 7) is 7.74. The minimum atomic E-state index is -3.28. The number of rotatable bonds is 12. The first-order valence-electron chi connectivity index (χ1n) is 13.2. The van der Waals surface area contributed by atoms with E-state index in [0.717, 1.165) is 12.8 Å². The third-order valence-corrected chi connectivity index (χ3v) is 8.99. The molecule has 1 aliphatic carbocycles. The molecular formula is C26H38FN5O5S. The van der Waals surface area contributed by atoms with Crippen molar-refractivity contribution >= 4 is 32.6 Å². The molecule has 1 amide bonds. The Morgan fingerprint density at radius 1 is 1.16 bits per heavy atom. The van der Waals surface area contributed by atoms with Crippen molar-refractivity contribution in [2.45, 2.75) is 64.3 Å². The van der Waals surface area contributed by atoms with Gasteiger partial charge >= 0.3 is 0 Å². The molecule has 2 fully saturated rings. The van der Waals surface area contributed by atoms with Crippen molar-refractivity contribution in [3.05, 3.63) is 29.7 Å². The maximum absolute atomic E-state index is 14.9. The molecule has 210 valence electrons. The summed E-state index contributed by atoms with van der Waals surface area (Å²) < 4.78 is 48.2. The number of aromatic nitrogens is 2. The molecule has 1 aromatic heterocycles. The van der Waals surface area contributed by atoms with E-state index in [-0.39, 0.29) is 47.8 Å². The number of nitrogens with zero attached hydrogens (tertiary/aromatic N) is 2. The van der Waals surface area contributed by atoms with Gasteiger partial charge in [0.15, 0.2) is 11.5 Å². The molecular weight excluding hydrogens is 513 g/mol. The molecule has 2 heterocycles. The van der Waals surface area contributed by atoms with Crippen LogP contribution >= 0.6 is 0 Å². The van der Waals surface area contributed by atoms with Gasteiger partial charge in [-0.15, -0.1) is 0 Å². The molecule has 2 aliphatic rings. The summed E-state index contributed by atoms with van der Waals surface area (Å²) in [5.74, 6) is -0.970. The van der Waals surface area contributed by atoms with Crippen molar-refractivity contribution < 1.29 is 27.1 Å². The zero-order chi connectivity index (χ0) is 27.5. The number of halogens is 1. The molecule has 2 aromatic rings. The van der Waals surface area contributed by atoms with Crippen molar-refractivity contribution in [2.24, 2.45) is 11.3 Å². The molecule has 1 aromatic carbocycles. The number of ether oxygens (including phenoxy) is 1. The molecule has 0 bridgehead atoms. The number of hydrogen-bond donors (Lipinski definition) is 3. The monoisotopic (exact) mass is 551 g/mol. The normalized spacial score (nSPS) is 18.0. The summed E-state index contributed by atoms with van der Waals surface area (Å²) in [5.41, 5.74) is -0.248. The van der Waals surface area contributed by atoms with E-state index < -0.39 is 33.2 Å². The van der Waals surface area contributed by atoms with Crippen LogP contribution in [0, 0.1) is 17.2 Å². The number of amides is 1. The van der Waals surface area contributed by atoms with E-state index in [4.69, 9.17) is 4.74 Å². The van der Waals surface area contributed by atoms with Crippen LogP contribution in [0.3, 0.4) is 0 Å². The summed E-state index contributed by atoms with van der Waals surface area (Å²) in [5, 5.41) is 10.4. The average molecular weight is 552 g/mol. The van der Waals surface area contributed by atoms with Gasteiger partial charge in [0.2, 0.25) is 10.0 Å². The van der Waals surface area contributed by atoms with Crippen LogP contribution in [0.2, 0.25) is 0 Å². The Kier molecular flexibility index (Phi) is 8.85. The molecule has 1 saturated carbocycles. The van der Waals surface area contributed by atoms with Crippen LogP contribution in [-0.4, -0.2) is 74.0 Å². The lowest BCUT2D eigenvalue weighted by molar-refractivity contribution is -0.122. The Balaban J connectivity index is 1.43. The highest BCUT2D eigenvalue weighted by molar-refractivity contribution is 7.90. The standard InChI is InChI=1S/C26H38FN5O5S/c1-26(2,3)24(21(33)15-28-11-12-29-38(35,36)18-7-8-18)30-25(34)22-19-5-4-6-20(27)23(19)32(31-22)16-17-9-13-37-14-10-17/h4-6,17-18,24,28-29H,7-16H2,1-3H3,(H,30,34)/t24-/m1/s1. The number of nitrogens with one attached hydrogen (secondary N) is 3. The van der Waals surface area contributed by atoms with Crippen LogP contribution in [0.4, 0.5) is 4.39 Å². The molecule has 1 aliphatic heterocycles. The van der Waals surface area contributed by atoms with Gasteiger partial charge in [-0.1, -0.05) is 32.9 Å². The van der Waals surface area contributed by atoms with E-state index in [1.165, 1.54) is 6.07 Å². The summed E-state index contributed by atoms with van der Waals surface area (Å²) >= 11 is 0. The number of hydrogen-bond acceptors (Lipinski definition) is 7. The van der Waals surface area contributed by atoms with Crippen LogP contribution < -0.4 is 15.4 Å². The van der Waals surface area contributed by atoms with Crippen molar-refractivity contribution in [1.29, 1.82) is 0 Å². The largest absolute Gasteiger partial charge is 0.381 e. The summed E-state index contributed by atoms with van der Waals surface area (Å²) in [6, 6.07) is 3.72. The third-order valence-electron chi connectivity index (χ3n) is 7.04. The lowest BCUT2D eigenvalue weighted by atomic mass is 9.84. The van der Waals surface area contributed by atoms with E-state index in [0.29, 0.717) is 38.0 Å². The molecule has 10 nitrogen and oxygen atoms in total. The van der Waals surface area contributed by atoms with E-state index in [1.54, 1.807) is 16.8 Å². The van der Waals surface area contributed by atoms with Crippen molar-refractivity contribution in [3.8, 4) is 0 Å². The van der Waals surface area contributed by atoms with Crippen LogP contribution in [0.25, 0.3) is 10.9 Å². The number of ketones is 1. The van der Waals surface area contributed by atoms with Gasteiger partial charge in [0.25, 0.3) is 5.91 Å². The average Bonchev–Trinajstić information content (AvgIpc) is 3.66. The quantitative estimate of drug-likeness (QED) is 0.344. The highest BCUT2D eigenvalue weighted by Gasteiger charge is 2.36. The van der Waals surface area contributed by atoms with E-state index in [2.05, 4.69) is 20.5 Å². The summed E-state index contributed by atoms with van der Waals surface area (Å²) in [6.07, 6.45) is 3.05. The van der Waals surface area contributed by atoms with Crippen LogP contribution in [0.5, 0.6) is 0 Å². The van der Waals surface area contributed by atoms with Crippen molar-refractivity contribution in [3.63, 3.8) is 0 Å². The SMILES string of the molecule is CC(C)(C)[C@H](NC(=O)c1nn(CC2CCOCC2)c2c(F)cccc12)C(=O)CNCCNS(=O)(=O)C1CC1. The number of fused-ring (bicyclic) bond motifs is 1. The highest BCUT2D eigenvalue weighted by atomic mass is 32.2. The second kappa shape index (κ2) is 11.8. The Hall–Kier alpha value is -2.41. The fourth-order valence-electron chi connectivity index (χ4n) is 4.74. The molecule has 0 spiro atoms. The first kappa shape index (κ1) is 28.6. The van der Waals surface area contributed by atoms with Gasteiger partial charge in [-0.3, -0.25) is 14.3 Å². The molecule has 3 N–H and O–H groups in total. The van der Waals surface area contributed by atoms with Crippen LogP contribution in [-0.2, 0) is 26.1 Å². The second-order valence-corrected chi connectivity index (χ2v) is 13.3. The predicted molar refractivity (Wildman–Crippen MR) is 142 cm³/mol. The molecule has 12 heteroatoms. The van der Waals surface area contributed by atoms with E-state index >= 15 is 0 Å². The Labute approximate surface area is 223 Å². The van der Waals surface area contributed by atoms with Gasteiger partial charge in [-0.2, -0.15) is 5.10 Å². The number of benzene rings is 1. The van der Waals surface area contributed by atoms with Crippen LogP contribution in [0.1, 0.15) is 56.9 Å². The van der Waals surface area contributed by atoms with Crippen molar-refractivity contribution in [1.82, 2.24) is 25.1 Å². The van der Waals surface area contributed by atoms with Gasteiger partial charge < -0.3 is 15.4 Å². The first-order chi connectivity index (χ1) is 18.0. The number of para-hydroxylation sites is 1. The molecule has 4 rings (SSSR count). The fraction of sp³-hybridized carbons (Fsp3) is 0.654. The van der Waals surface area contributed by atoms with Crippen LogP contribution in [0.15, 0.2) is 18.2 Å². The number of carbonyl (C=O) groups excluding carboxylic acids is 2. The Morgan fingerprint density at radius 3 is 2.53 bits per heavy atom. The minimum absolute atomic E-state index is 0.0407. The molecule has 1 saturated heterocycles. The summed E-state index contributed by atoms with van der Waals surface area (Å²) in [4.78, 5) is 26.5. The lowest BCUT2D eigenvalue weighted by Crippen LogP contribution is -2.52. The van der Waals surface area contributed by atoms with Crippen molar-refractivity contribution in [2.75, 3.05) is 32.8 Å². The van der Waals surface area contributed by atoms with Gasteiger partial charge in [0.1, 0.15) is 11.3 Å². The predicted octanol–water partition coefficient (Wildman–Crippen LogP) is 1.99. The molecule has 38 heavy (non-hydrogen) atoms. The number of sulfonamides is 1. The molecule has 1 atom stereocenters.